The molecule has 0 aromatic carbocycles. The normalized spacial score (nSPS) is 11.3. The maximum Gasteiger partial charge on any atom is -0.0152 e. The summed E-state index contributed by atoms with van der Waals surface area (Å²) in [6.07, 6.45) is 3.76. The van der Waals surface area contributed by atoms with Crippen LogP contribution in [0, 0.1) is 0 Å². The second kappa shape index (κ2) is 5.35. The van der Waals surface area contributed by atoms with Gasteiger partial charge in [0.2, 0.25) is 0 Å². The third kappa shape index (κ3) is 2.69. The molecule has 0 heteroatoms. The van der Waals surface area contributed by atoms with E-state index in [4.69, 9.17) is 0 Å². The molecule has 0 radical (unpaired) electrons. The fourth-order valence-electron chi connectivity index (χ4n) is 2.31. The van der Waals surface area contributed by atoms with Crippen LogP contribution in [0.25, 0.3) is 11.1 Å². The molecule has 2 rings (SSSR count). The zero-order chi connectivity index (χ0) is 12.3. The lowest BCUT2D eigenvalue weighted by Crippen LogP contribution is -1.84. The lowest BCUT2D eigenvalue weighted by Gasteiger charge is -2.03. The molecule has 0 heterocycles. The fourth-order valence-corrected chi connectivity index (χ4v) is 2.31. The molecule has 0 aliphatic heterocycles. The van der Waals surface area contributed by atoms with Gasteiger partial charge >= 0.3 is 0 Å². The minimum atomic E-state index is 0.597. The van der Waals surface area contributed by atoms with Gasteiger partial charge in [-0.05, 0) is 41.0 Å². The number of aryl methyl sites for hydroxylation is 1. The third-order valence-corrected chi connectivity index (χ3v) is 3.46. The van der Waals surface area contributed by atoms with Gasteiger partial charge in [0.15, 0.2) is 0 Å². The number of hydrogen-bond donors (Lipinski definition) is 0. The van der Waals surface area contributed by atoms with E-state index in [0.29, 0.717) is 5.92 Å². The van der Waals surface area contributed by atoms with Crippen molar-refractivity contribution in [3.8, 4) is 11.1 Å². The lowest BCUT2D eigenvalue weighted by molar-refractivity contribution is 0.798. The largest absolute Gasteiger partial charge is 0.0654 e. The van der Waals surface area contributed by atoms with Crippen LogP contribution in [-0.2, 0) is 6.42 Å². The molecule has 90 valence electrons. The van der Waals surface area contributed by atoms with Gasteiger partial charge in [-0.1, -0.05) is 63.6 Å². The molecule has 0 spiro atoms. The summed E-state index contributed by atoms with van der Waals surface area (Å²) >= 11 is 0. The number of hydrogen-bond acceptors (Lipinski definition) is 0. The van der Waals surface area contributed by atoms with E-state index in [2.05, 4.69) is 57.2 Å². The van der Waals surface area contributed by atoms with Crippen LogP contribution >= 0.6 is 0 Å². The van der Waals surface area contributed by atoms with Crippen molar-refractivity contribution in [1.82, 2.24) is 0 Å². The van der Waals surface area contributed by atoms with Crippen molar-refractivity contribution in [3.63, 3.8) is 0 Å². The molecule has 2 aliphatic rings. The minimum Gasteiger partial charge on any atom is -0.0654 e. The van der Waals surface area contributed by atoms with E-state index in [1.54, 1.807) is 0 Å². The Kier molecular flexibility index (Phi) is 3.83. The molecule has 0 N–H and O–H groups in total. The average Bonchev–Trinajstić information content (AvgIpc) is 2.56. The molecule has 17 heavy (non-hydrogen) atoms. The molecular formula is C17H22. The van der Waals surface area contributed by atoms with Gasteiger partial charge in [-0.3, -0.25) is 0 Å². The van der Waals surface area contributed by atoms with E-state index < -0.39 is 0 Å². The first kappa shape index (κ1) is 12.2. The highest BCUT2D eigenvalue weighted by atomic mass is 14.1. The van der Waals surface area contributed by atoms with E-state index in [0.717, 1.165) is 0 Å². The third-order valence-electron chi connectivity index (χ3n) is 3.46. The van der Waals surface area contributed by atoms with E-state index in [1.165, 1.54) is 41.5 Å². The molecule has 0 saturated carbocycles. The molecule has 0 saturated heterocycles. The van der Waals surface area contributed by atoms with Crippen molar-refractivity contribution >= 4 is 0 Å². The Morgan fingerprint density at radius 3 is 2.59 bits per heavy atom. The highest BCUT2D eigenvalue weighted by Crippen LogP contribution is 2.30. The molecule has 0 unspecified atom stereocenters. The molecule has 0 bridgehead atoms. The number of unbranched alkanes of at least 4 members (excludes halogenated alkanes) is 1. The van der Waals surface area contributed by atoms with Gasteiger partial charge in [0.25, 0.3) is 0 Å². The lowest BCUT2D eigenvalue weighted by atomic mass is 10.0. The second-order valence-corrected chi connectivity index (χ2v) is 5.16. The number of fused-ring (bicyclic) bond motifs is 1. The van der Waals surface area contributed by atoms with Gasteiger partial charge in [-0.2, -0.15) is 0 Å². The fraction of sp³-hybridized carbons (Fsp3) is 0.412. The van der Waals surface area contributed by atoms with Crippen LogP contribution in [0.2, 0.25) is 0 Å². The van der Waals surface area contributed by atoms with Crippen LogP contribution in [0.1, 0.15) is 50.7 Å². The van der Waals surface area contributed by atoms with E-state index in [-0.39, 0.29) is 0 Å². The van der Waals surface area contributed by atoms with Crippen LogP contribution in [0.4, 0.5) is 0 Å². The van der Waals surface area contributed by atoms with Crippen molar-refractivity contribution < 1.29 is 0 Å². The predicted octanol–water partition coefficient (Wildman–Crippen LogP) is 5.26. The summed E-state index contributed by atoms with van der Waals surface area (Å²) < 4.78 is 0. The van der Waals surface area contributed by atoms with Gasteiger partial charge < -0.3 is 0 Å². The standard InChI is InChI=1S/C17H22/c1-4-5-7-14-10-11-16-12-15(13(2)3)8-6-9-17(14)16/h6,8-13H,4-5,7H2,1-3H3. The smallest absolute Gasteiger partial charge is 0.0152 e. The summed E-state index contributed by atoms with van der Waals surface area (Å²) in [6.45, 7) is 6.76. The van der Waals surface area contributed by atoms with Crippen LogP contribution in [0.3, 0.4) is 0 Å². The molecule has 0 fully saturated rings. The van der Waals surface area contributed by atoms with Crippen molar-refractivity contribution in [2.75, 3.05) is 0 Å². The van der Waals surface area contributed by atoms with Crippen LogP contribution < -0.4 is 0 Å². The Morgan fingerprint density at radius 1 is 1.06 bits per heavy atom. The van der Waals surface area contributed by atoms with E-state index >= 15 is 0 Å². The Bertz CT molecular complexity index is 454. The Balaban J connectivity index is 2.36. The molecule has 0 atom stereocenters. The van der Waals surface area contributed by atoms with E-state index in [9.17, 15) is 0 Å². The van der Waals surface area contributed by atoms with Crippen LogP contribution in [0.15, 0.2) is 36.4 Å². The van der Waals surface area contributed by atoms with Gasteiger partial charge in [0.05, 0.1) is 0 Å². The number of rotatable bonds is 4. The van der Waals surface area contributed by atoms with Gasteiger partial charge in [0, 0.05) is 0 Å². The summed E-state index contributed by atoms with van der Waals surface area (Å²) in [4.78, 5) is 0. The molecule has 0 amide bonds. The Labute approximate surface area is 105 Å². The van der Waals surface area contributed by atoms with E-state index in [1.807, 2.05) is 0 Å². The molecular weight excluding hydrogens is 204 g/mol. The SMILES string of the molecule is CCCCc1ccc2cc(C(C)C)cccc1-2. The molecule has 0 aromatic rings. The van der Waals surface area contributed by atoms with Gasteiger partial charge in [-0.25, -0.2) is 0 Å². The average molecular weight is 226 g/mol. The van der Waals surface area contributed by atoms with Crippen molar-refractivity contribution in [1.29, 1.82) is 0 Å². The monoisotopic (exact) mass is 226 g/mol. The van der Waals surface area contributed by atoms with Gasteiger partial charge in [-0.15, -0.1) is 0 Å². The van der Waals surface area contributed by atoms with Crippen molar-refractivity contribution in [2.45, 2.75) is 46.0 Å². The highest BCUT2D eigenvalue weighted by molar-refractivity contribution is 5.71. The Morgan fingerprint density at radius 2 is 1.88 bits per heavy atom. The summed E-state index contributed by atoms with van der Waals surface area (Å²) in [5, 5.41) is 0. The summed E-state index contributed by atoms with van der Waals surface area (Å²) in [5.74, 6) is 0.597. The van der Waals surface area contributed by atoms with Crippen LogP contribution in [-0.4, -0.2) is 0 Å². The summed E-state index contributed by atoms with van der Waals surface area (Å²) in [7, 11) is 0. The highest BCUT2D eigenvalue weighted by Gasteiger charge is 2.09. The Hall–Kier alpha value is -1.30. The van der Waals surface area contributed by atoms with Gasteiger partial charge in [0.1, 0.15) is 0 Å². The molecule has 2 aliphatic carbocycles. The first-order chi connectivity index (χ1) is 8.22. The maximum atomic E-state index is 2.34. The summed E-state index contributed by atoms with van der Waals surface area (Å²) in [5.41, 5.74) is 5.76. The first-order valence-electron chi connectivity index (χ1n) is 6.74. The first-order valence-corrected chi connectivity index (χ1v) is 6.74. The second-order valence-electron chi connectivity index (χ2n) is 5.16. The molecule has 0 nitrogen and oxygen atoms in total. The van der Waals surface area contributed by atoms with Crippen LogP contribution in [0.5, 0.6) is 0 Å². The summed E-state index contributed by atoms with van der Waals surface area (Å²) in [6, 6.07) is 13.6. The zero-order valence-electron chi connectivity index (χ0n) is 11.2. The minimum absolute atomic E-state index is 0.597. The topological polar surface area (TPSA) is 0 Å². The zero-order valence-corrected chi connectivity index (χ0v) is 11.2. The van der Waals surface area contributed by atoms with Crippen molar-refractivity contribution in [3.05, 3.63) is 47.5 Å². The quantitative estimate of drug-likeness (QED) is 0.667. The van der Waals surface area contributed by atoms with Crippen molar-refractivity contribution in [2.24, 2.45) is 0 Å². The predicted molar refractivity (Wildman–Crippen MR) is 75.8 cm³/mol. The maximum absolute atomic E-state index is 2.34. The molecule has 0 aromatic heterocycles.